The van der Waals surface area contributed by atoms with Crippen LogP contribution in [-0.2, 0) is 15.8 Å². The van der Waals surface area contributed by atoms with Gasteiger partial charge in [-0.25, -0.2) is 13.4 Å². The Labute approximate surface area is 154 Å². The van der Waals surface area contributed by atoms with Crippen molar-refractivity contribution >= 4 is 15.8 Å². The number of hydrogen-bond donors (Lipinski definition) is 0. The maximum absolute atomic E-state index is 12.7. The van der Waals surface area contributed by atoms with Crippen LogP contribution in [0, 0.1) is 13.8 Å². The van der Waals surface area contributed by atoms with Gasteiger partial charge in [-0.15, -0.1) is 0 Å². The zero-order chi connectivity index (χ0) is 18.7. The summed E-state index contributed by atoms with van der Waals surface area (Å²) in [6.07, 6.45) is 0. The summed E-state index contributed by atoms with van der Waals surface area (Å²) in [4.78, 5) is 10.7. The van der Waals surface area contributed by atoms with E-state index in [0.717, 1.165) is 16.9 Å². The van der Waals surface area contributed by atoms with Gasteiger partial charge < -0.3 is 9.64 Å². The summed E-state index contributed by atoms with van der Waals surface area (Å²) in [7, 11) is -1.76. The lowest BCUT2D eigenvalue weighted by molar-refractivity contribution is 0.380. The van der Waals surface area contributed by atoms with E-state index in [2.05, 4.69) is 14.9 Å². The predicted octanol–water partition coefficient (Wildman–Crippen LogP) is 1.75. The Kier molecular flexibility index (Phi) is 5.43. The summed E-state index contributed by atoms with van der Waals surface area (Å²) in [5, 5.41) is 0. The van der Waals surface area contributed by atoms with E-state index in [1.165, 1.54) is 0 Å². The van der Waals surface area contributed by atoms with Gasteiger partial charge in [0, 0.05) is 32.2 Å². The molecule has 1 aliphatic heterocycles. The van der Waals surface area contributed by atoms with Gasteiger partial charge in [0.25, 0.3) is 0 Å². The summed E-state index contributed by atoms with van der Waals surface area (Å²) in [6, 6.07) is 9.41. The van der Waals surface area contributed by atoms with E-state index < -0.39 is 10.0 Å². The van der Waals surface area contributed by atoms with Gasteiger partial charge in [0.05, 0.1) is 12.9 Å². The second kappa shape index (κ2) is 7.59. The van der Waals surface area contributed by atoms with E-state index in [1.807, 2.05) is 38.1 Å². The number of rotatable bonds is 5. The van der Waals surface area contributed by atoms with Gasteiger partial charge in [0.2, 0.25) is 15.9 Å². The van der Waals surface area contributed by atoms with E-state index in [4.69, 9.17) is 4.74 Å². The molecule has 1 saturated heterocycles. The van der Waals surface area contributed by atoms with Gasteiger partial charge in [0.15, 0.2) is 0 Å². The van der Waals surface area contributed by atoms with Crippen molar-refractivity contribution in [2.45, 2.75) is 19.6 Å². The first-order valence-electron chi connectivity index (χ1n) is 8.55. The molecule has 140 valence electrons. The quantitative estimate of drug-likeness (QED) is 0.791. The molecule has 0 unspecified atom stereocenters. The number of benzene rings is 1. The Morgan fingerprint density at radius 2 is 1.69 bits per heavy atom. The maximum Gasteiger partial charge on any atom is 0.218 e. The Hall–Kier alpha value is -2.19. The molecule has 1 aromatic heterocycles. The van der Waals surface area contributed by atoms with Crippen molar-refractivity contribution in [1.29, 1.82) is 0 Å². The third kappa shape index (κ3) is 4.31. The van der Waals surface area contributed by atoms with Gasteiger partial charge in [-0.1, -0.05) is 29.8 Å². The number of ether oxygens (including phenoxy) is 1. The molecule has 2 heterocycles. The second-order valence-corrected chi connectivity index (χ2v) is 8.41. The van der Waals surface area contributed by atoms with Crippen molar-refractivity contribution in [3.05, 3.63) is 47.3 Å². The molecule has 0 saturated carbocycles. The van der Waals surface area contributed by atoms with Crippen LogP contribution in [-0.4, -0.2) is 56.0 Å². The molecular formula is C18H24N4O3S. The molecule has 0 radical (unpaired) electrons. The van der Waals surface area contributed by atoms with Crippen LogP contribution in [0.3, 0.4) is 0 Å². The second-order valence-electron chi connectivity index (χ2n) is 6.44. The molecule has 0 atom stereocenters. The maximum atomic E-state index is 12.7. The van der Waals surface area contributed by atoms with E-state index in [9.17, 15) is 8.42 Å². The number of aryl methyl sites for hydroxylation is 2. The molecule has 0 N–H and O–H groups in total. The van der Waals surface area contributed by atoms with Crippen LogP contribution in [0.25, 0.3) is 0 Å². The molecule has 0 aliphatic carbocycles. The van der Waals surface area contributed by atoms with Gasteiger partial charge in [-0.05, 0) is 19.4 Å². The van der Waals surface area contributed by atoms with Crippen LogP contribution in [0.2, 0.25) is 0 Å². The number of anilines is 1. The molecule has 1 fully saturated rings. The molecule has 7 nitrogen and oxygen atoms in total. The number of sulfonamides is 1. The molecule has 0 bridgehead atoms. The normalized spacial score (nSPS) is 15.9. The standard InChI is InChI=1S/C18H24N4O3S/c1-14-4-6-16(7-5-14)13-26(23,24)22-10-8-21(9-11-22)17-12-18(25-3)20-15(2)19-17/h4-7,12H,8-11,13H2,1-3H3. The Balaban J connectivity index is 1.66. The fourth-order valence-electron chi connectivity index (χ4n) is 2.97. The Morgan fingerprint density at radius 1 is 1.04 bits per heavy atom. The molecule has 26 heavy (non-hydrogen) atoms. The molecule has 0 spiro atoms. The molecule has 3 rings (SSSR count). The van der Waals surface area contributed by atoms with E-state index in [-0.39, 0.29) is 5.75 Å². The highest BCUT2D eigenvalue weighted by Crippen LogP contribution is 2.21. The van der Waals surface area contributed by atoms with Crippen LogP contribution >= 0.6 is 0 Å². The van der Waals surface area contributed by atoms with Gasteiger partial charge in [-0.3, -0.25) is 0 Å². The lowest BCUT2D eigenvalue weighted by atomic mass is 10.2. The molecular weight excluding hydrogens is 352 g/mol. The molecule has 0 amide bonds. The average molecular weight is 376 g/mol. The number of aromatic nitrogens is 2. The van der Waals surface area contributed by atoms with Crippen molar-refractivity contribution in [2.75, 3.05) is 38.2 Å². The first-order chi connectivity index (χ1) is 12.4. The first-order valence-corrected chi connectivity index (χ1v) is 10.2. The third-order valence-corrected chi connectivity index (χ3v) is 6.29. The first kappa shape index (κ1) is 18.6. The van der Waals surface area contributed by atoms with Crippen molar-refractivity contribution in [2.24, 2.45) is 0 Å². The van der Waals surface area contributed by atoms with Crippen LogP contribution in [0.4, 0.5) is 5.82 Å². The summed E-state index contributed by atoms with van der Waals surface area (Å²) in [5.74, 6) is 1.95. The summed E-state index contributed by atoms with van der Waals surface area (Å²) in [6.45, 7) is 5.87. The third-order valence-electron chi connectivity index (χ3n) is 4.44. The SMILES string of the molecule is COc1cc(N2CCN(S(=O)(=O)Cc3ccc(C)cc3)CC2)nc(C)n1. The van der Waals surface area contributed by atoms with Crippen LogP contribution < -0.4 is 9.64 Å². The van der Waals surface area contributed by atoms with E-state index in [0.29, 0.717) is 37.9 Å². The Morgan fingerprint density at radius 3 is 2.31 bits per heavy atom. The fourth-order valence-corrected chi connectivity index (χ4v) is 4.49. The monoisotopic (exact) mass is 376 g/mol. The van der Waals surface area contributed by atoms with E-state index >= 15 is 0 Å². The zero-order valence-corrected chi connectivity index (χ0v) is 16.2. The topological polar surface area (TPSA) is 75.6 Å². The molecule has 1 aromatic carbocycles. The van der Waals surface area contributed by atoms with Gasteiger partial charge >= 0.3 is 0 Å². The lowest BCUT2D eigenvalue weighted by Gasteiger charge is -2.34. The number of nitrogens with zero attached hydrogens (tertiary/aromatic N) is 4. The van der Waals surface area contributed by atoms with Crippen LogP contribution in [0.1, 0.15) is 17.0 Å². The average Bonchev–Trinajstić information content (AvgIpc) is 2.63. The van der Waals surface area contributed by atoms with Gasteiger partial charge in [-0.2, -0.15) is 9.29 Å². The van der Waals surface area contributed by atoms with Crippen molar-refractivity contribution in [3.63, 3.8) is 0 Å². The summed E-state index contributed by atoms with van der Waals surface area (Å²) < 4.78 is 32.2. The summed E-state index contributed by atoms with van der Waals surface area (Å²) >= 11 is 0. The Bertz CT molecular complexity index is 861. The molecule has 1 aliphatic rings. The van der Waals surface area contributed by atoms with Crippen molar-refractivity contribution in [3.8, 4) is 5.88 Å². The van der Waals surface area contributed by atoms with Crippen molar-refractivity contribution < 1.29 is 13.2 Å². The minimum atomic E-state index is -3.33. The molecule has 8 heteroatoms. The lowest BCUT2D eigenvalue weighted by Crippen LogP contribution is -2.49. The van der Waals surface area contributed by atoms with Gasteiger partial charge in [0.1, 0.15) is 11.6 Å². The minimum Gasteiger partial charge on any atom is -0.481 e. The van der Waals surface area contributed by atoms with Crippen molar-refractivity contribution in [1.82, 2.24) is 14.3 Å². The largest absolute Gasteiger partial charge is 0.481 e. The summed E-state index contributed by atoms with van der Waals surface area (Å²) in [5.41, 5.74) is 1.93. The predicted molar refractivity (Wildman–Crippen MR) is 101 cm³/mol. The van der Waals surface area contributed by atoms with Crippen LogP contribution in [0.5, 0.6) is 5.88 Å². The smallest absolute Gasteiger partial charge is 0.218 e. The van der Waals surface area contributed by atoms with Crippen LogP contribution in [0.15, 0.2) is 30.3 Å². The fraction of sp³-hybridized carbons (Fsp3) is 0.444. The zero-order valence-electron chi connectivity index (χ0n) is 15.3. The van der Waals surface area contributed by atoms with E-state index in [1.54, 1.807) is 17.5 Å². The number of piperazine rings is 1. The highest BCUT2D eigenvalue weighted by atomic mass is 32.2. The number of hydrogen-bond acceptors (Lipinski definition) is 6. The highest BCUT2D eigenvalue weighted by molar-refractivity contribution is 7.88. The number of methoxy groups -OCH3 is 1. The highest BCUT2D eigenvalue weighted by Gasteiger charge is 2.28. The molecule has 2 aromatic rings. The minimum absolute atomic E-state index is 0.0354.